The van der Waals surface area contributed by atoms with Gasteiger partial charge in [0.05, 0.1) is 11.7 Å². The Balaban J connectivity index is 2.39. The van der Waals surface area contributed by atoms with E-state index in [1.165, 1.54) is 5.01 Å². The minimum atomic E-state index is -1.30. The summed E-state index contributed by atoms with van der Waals surface area (Å²) in [5, 5.41) is 14.9. The first-order valence-electron chi connectivity index (χ1n) is 5.39. The fraction of sp³-hybridized carbons (Fsp3) is 0.250. The van der Waals surface area contributed by atoms with Crippen LogP contribution in [0.5, 0.6) is 0 Å². The van der Waals surface area contributed by atoms with E-state index in [9.17, 15) is 9.59 Å². The molecule has 1 N–H and O–H groups in total. The van der Waals surface area contributed by atoms with Gasteiger partial charge in [0.15, 0.2) is 5.78 Å². The SMILES string of the molecule is CC1CC(=O)C(C(=O)O)=NN1c1ccc(Cl)cc1. The number of nitrogens with zero attached hydrogens (tertiary/aromatic N) is 2. The highest BCUT2D eigenvalue weighted by Crippen LogP contribution is 2.24. The van der Waals surface area contributed by atoms with Crippen molar-refractivity contribution in [3.8, 4) is 0 Å². The van der Waals surface area contributed by atoms with Gasteiger partial charge in [-0.3, -0.25) is 9.80 Å². The van der Waals surface area contributed by atoms with Crippen LogP contribution < -0.4 is 5.01 Å². The van der Waals surface area contributed by atoms with Gasteiger partial charge in [-0.2, -0.15) is 5.10 Å². The van der Waals surface area contributed by atoms with Crippen LogP contribution in [0.3, 0.4) is 0 Å². The first-order chi connectivity index (χ1) is 8.49. The molecular formula is C12H11ClN2O3. The summed E-state index contributed by atoms with van der Waals surface area (Å²) < 4.78 is 0. The van der Waals surface area contributed by atoms with Crippen molar-refractivity contribution in [3.63, 3.8) is 0 Å². The Hall–Kier alpha value is -1.88. The molecule has 0 saturated heterocycles. The van der Waals surface area contributed by atoms with Gasteiger partial charge in [0.1, 0.15) is 0 Å². The first-order valence-corrected chi connectivity index (χ1v) is 5.76. The Morgan fingerprint density at radius 1 is 1.44 bits per heavy atom. The maximum absolute atomic E-state index is 11.5. The van der Waals surface area contributed by atoms with Gasteiger partial charge >= 0.3 is 5.97 Å². The molecule has 0 amide bonds. The molecule has 5 nitrogen and oxygen atoms in total. The van der Waals surface area contributed by atoms with Crippen molar-refractivity contribution in [1.29, 1.82) is 0 Å². The molecule has 1 unspecified atom stereocenters. The number of benzene rings is 1. The molecule has 1 aromatic carbocycles. The van der Waals surface area contributed by atoms with E-state index in [1.54, 1.807) is 24.3 Å². The van der Waals surface area contributed by atoms with Gasteiger partial charge < -0.3 is 5.11 Å². The highest BCUT2D eigenvalue weighted by Gasteiger charge is 2.31. The summed E-state index contributed by atoms with van der Waals surface area (Å²) in [6, 6.07) is 6.67. The molecule has 0 saturated carbocycles. The minimum Gasteiger partial charge on any atom is -0.476 e. The molecule has 2 rings (SSSR count). The molecule has 0 bridgehead atoms. The maximum atomic E-state index is 11.5. The van der Waals surface area contributed by atoms with Gasteiger partial charge in [-0.15, -0.1) is 0 Å². The number of rotatable bonds is 2. The number of carbonyl (C=O) groups is 2. The third-order valence-electron chi connectivity index (χ3n) is 2.66. The van der Waals surface area contributed by atoms with Gasteiger partial charge in [0, 0.05) is 11.4 Å². The third kappa shape index (κ3) is 2.36. The number of aliphatic carboxylic acids is 1. The molecule has 0 spiro atoms. The Morgan fingerprint density at radius 3 is 2.61 bits per heavy atom. The number of Topliss-reactive ketones (excluding diaryl/α,β-unsaturated/α-hetero) is 1. The smallest absolute Gasteiger partial charge is 0.360 e. The van der Waals surface area contributed by atoms with Crippen LogP contribution in [0.2, 0.25) is 5.02 Å². The molecule has 1 aromatic rings. The lowest BCUT2D eigenvalue weighted by Gasteiger charge is -2.29. The molecule has 0 aromatic heterocycles. The number of hydrazone groups is 1. The maximum Gasteiger partial charge on any atom is 0.360 e. The normalized spacial score (nSPS) is 19.7. The van der Waals surface area contributed by atoms with E-state index >= 15 is 0 Å². The summed E-state index contributed by atoms with van der Waals surface area (Å²) in [6.07, 6.45) is 0.133. The van der Waals surface area contributed by atoms with Crippen LogP contribution in [0, 0.1) is 0 Å². The zero-order chi connectivity index (χ0) is 13.3. The minimum absolute atomic E-state index is 0.133. The largest absolute Gasteiger partial charge is 0.476 e. The second kappa shape index (κ2) is 4.78. The van der Waals surface area contributed by atoms with Crippen LogP contribution in [-0.4, -0.2) is 28.6 Å². The van der Waals surface area contributed by atoms with Crippen molar-refractivity contribution < 1.29 is 14.7 Å². The second-order valence-electron chi connectivity index (χ2n) is 4.05. The van der Waals surface area contributed by atoms with Crippen LogP contribution in [0.1, 0.15) is 13.3 Å². The summed E-state index contributed by atoms with van der Waals surface area (Å²) in [5.41, 5.74) is 0.279. The van der Waals surface area contributed by atoms with Gasteiger partial charge in [-0.25, -0.2) is 4.79 Å². The molecule has 0 radical (unpaired) electrons. The Bertz CT molecular complexity index is 525. The van der Waals surface area contributed by atoms with Crippen LogP contribution in [0.4, 0.5) is 5.69 Å². The van der Waals surface area contributed by atoms with Crippen molar-refractivity contribution in [2.45, 2.75) is 19.4 Å². The third-order valence-corrected chi connectivity index (χ3v) is 2.92. The number of hydrogen-bond acceptors (Lipinski definition) is 4. The number of halogens is 1. The zero-order valence-electron chi connectivity index (χ0n) is 9.63. The summed E-state index contributed by atoms with van der Waals surface area (Å²) in [6.45, 7) is 1.81. The zero-order valence-corrected chi connectivity index (χ0v) is 10.4. The van der Waals surface area contributed by atoms with Crippen LogP contribution >= 0.6 is 11.6 Å². The van der Waals surface area contributed by atoms with Crippen molar-refractivity contribution >= 4 is 34.8 Å². The summed E-state index contributed by atoms with van der Waals surface area (Å²) in [7, 11) is 0. The van der Waals surface area contributed by atoms with E-state index in [0.29, 0.717) is 10.7 Å². The van der Waals surface area contributed by atoms with Crippen LogP contribution in [0.15, 0.2) is 29.4 Å². The second-order valence-corrected chi connectivity index (χ2v) is 4.49. The highest BCUT2D eigenvalue weighted by atomic mass is 35.5. The van der Waals surface area contributed by atoms with E-state index in [4.69, 9.17) is 16.7 Å². The monoisotopic (exact) mass is 266 g/mol. The first kappa shape index (κ1) is 12.6. The number of carbonyl (C=O) groups excluding carboxylic acids is 1. The van der Waals surface area contributed by atoms with Crippen molar-refractivity contribution in [1.82, 2.24) is 0 Å². The molecule has 1 heterocycles. The van der Waals surface area contributed by atoms with Crippen molar-refractivity contribution in [2.75, 3.05) is 5.01 Å². The summed E-state index contributed by atoms with van der Waals surface area (Å²) in [5.74, 6) is -1.74. The van der Waals surface area contributed by atoms with Crippen molar-refractivity contribution in [2.24, 2.45) is 5.10 Å². The average Bonchev–Trinajstić information content (AvgIpc) is 2.30. The van der Waals surface area contributed by atoms with E-state index < -0.39 is 17.5 Å². The van der Waals surface area contributed by atoms with E-state index in [-0.39, 0.29) is 12.5 Å². The predicted octanol–water partition coefficient (Wildman–Crippen LogP) is 1.95. The summed E-state index contributed by atoms with van der Waals surface area (Å²) in [4.78, 5) is 22.4. The van der Waals surface area contributed by atoms with E-state index in [0.717, 1.165) is 0 Å². The van der Waals surface area contributed by atoms with Crippen LogP contribution in [-0.2, 0) is 9.59 Å². The van der Waals surface area contributed by atoms with Crippen molar-refractivity contribution in [3.05, 3.63) is 29.3 Å². The molecule has 18 heavy (non-hydrogen) atoms. The Kier molecular flexibility index (Phi) is 3.34. The predicted molar refractivity (Wildman–Crippen MR) is 68.1 cm³/mol. The fourth-order valence-electron chi connectivity index (χ4n) is 1.78. The number of carboxylic acids is 1. The topological polar surface area (TPSA) is 70.0 Å². The molecular weight excluding hydrogens is 256 g/mol. The molecule has 6 heteroatoms. The molecule has 1 aliphatic rings. The number of hydrogen-bond donors (Lipinski definition) is 1. The molecule has 0 fully saturated rings. The average molecular weight is 267 g/mol. The fourth-order valence-corrected chi connectivity index (χ4v) is 1.91. The van der Waals surface area contributed by atoms with Crippen LogP contribution in [0.25, 0.3) is 0 Å². The highest BCUT2D eigenvalue weighted by molar-refractivity contribution is 6.64. The lowest BCUT2D eigenvalue weighted by molar-refractivity contribution is -0.130. The van der Waals surface area contributed by atoms with Gasteiger partial charge in [0.2, 0.25) is 5.71 Å². The quantitative estimate of drug-likeness (QED) is 0.888. The molecule has 94 valence electrons. The number of ketones is 1. The lowest BCUT2D eigenvalue weighted by atomic mass is 10.1. The summed E-state index contributed by atoms with van der Waals surface area (Å²) >= 11 is 5.79. The molecule has 0 aliphatic carbocycles. The number of anilines is 1. The van der Waals surface area contributed by atoms with Gasteiger partial charge in [0.25, 0.3) is 0 Å². The van der Waals surface area contributed by atoms with E-state index in [2.05, 4.69) is 5.10 Å². The van der Waals surface area contributed by atoms with Gasteiger partial charge in [-0.05, 0) is 31.2 Å². The number of carboxylic acid groups (broad SMARTS) is 1. The standard InChI is InChI=1S/C12H11ClN2O3/c1-7-6-10(16)11(12(17)18)14-15(7)9-4-2-8(13)3-5-9/h2-5,7H,6H2,1H3,(H,17,18). The van der Waals surface area contributed by atoms with Gasteiger partial charge in [-0.1, -0.05) is 11.6 Å². The Labute approximate surface area is 109 Å². The molecule has 1 aliphatic heterocycles. The van der Waals surface area contributed by atoms with E-state index in [1.807, 2.05) is 6.92 Å². The molecule has 1 atom stereocenters. The lowest BCUT2D eigenvalue weighted by Crippen LogP contribution is -2.41. The Morgan fingerprint density at radius 2 is 2.06 bits per heavy atom.